The molecule has 3 nitrogen and oxygen atoms in total. The molecule has 1 heterocycles. The fourth-order valence-electron chi connectivity index (χ4n) is 2.69. The number of rotatable bonds is 5. The van der Waals surface area contributed by atoms with Gasteiger partial charge in [-0.25, -0.2) is 0 Å². The maximum atomic E-state index is 12.4. The number of nitrogens with one attached hydrogen (secondary N) is 1. The van der Waals surface area contributed by atoms with E-state index in [0.717, 1.165) is 25.7 Å². The minimum absolute atomic E-state index is 0.0539. The second kappa shape index (κ2) is 5.79. The zero-order valence-electron chi connectivity index (χ0n) is 12.3. The Morgan fingerprint density at radius 1 is 1.33 bits per heavy atom. The van der Waals surface area contributed by atoms with E-state index in [-0.39, 0.29) is 17.5 Å². The molecule has 0 aromatic rings. The largest absolute Gasteiger partial charge is 0.328 e. The van der Waals surface area contributed by atoms with E-state index in [1.54, 1.807) is 0 Å². The van der Waals surface area contributed by atoms with Crippen LogP contribution in [0.5, 0.6) is 0 Å². The summed E-state index contributed by atoms with van der Waals surface area (Å²) in [5.41, 5.74) is -0.350. The summed E-state index contributed by atoms with van der Waals surface area (Å²) >= 11 is 5.68. The first-order chi connectivity index (χ1) is 8.22. The van der Waals surface area contributed by atoms with Crippen LogP contribution in [0.15, 0.2) is 0 Å². The van der Waals surface area contributed by atoms with Gasteiger partial charge < -0.3 is 4.90 Å². The molecule has 0 aromatic carbocycles. The van der Waals surface area contributed by atoms with Crippen molar-refractivity contribution in [3.8, 4) is 0 Å². The molecule has 1 amide bonds. The fourth-order valence-corrected chi connectivity index (χ4v) is 2.88. The van der Waals surface area contributed by atoms with Crippen molar-refractivity contribution in [2.45, 2.75) is 65.1 Å². The number of carbonyl (C=O) groups is 1. The van der Waals surface area contributed by atoms with Gasteiger partial charge in [0, 0.05) is 12.9 Å². The van der Waals surface area contributed by atoms with Crippen LogP contribution in [-0.4, -0.2) is 35.4 Å². The van der Waals surface area contributed by atoms with E-state index in [0.29, 0.717) is 5.88 Å². The van der Waals surface area contributed by atoms with Gasteiger partial charge in [0.05, 0.1) is 11.7 Å². The van der Waals surface area contributed by atoms with Gasteiger partial charge in [-0.05, 0) is 25.2 Å². The van der Waals surface area contributed by atoms with Crippen LogP contribution in [0.25, 0.3) is 0 Å². The molecule has 0 aliphatic carbocycles. The summed E-state index contributed by atoms with van der Waals surface area (Å²) in [5.74, 6) is 0.927. The second-order valence-corrected chi connectivity index (χ2v) is 7.04. The normalized spacial score (nSPS) is 29.1. The SMILES string of the molecule is CN1C(=O)C(C)(CCCCCCl)NC1C(C)(C)C. The van der Waals surface area contributed by atoms with Crippen molar-refractivity contribution >= 4 is 17.5 Å². The maximum Gasteiger partial charge on any atom is 0.243 e. The van der Waals surface area contributed by atoms with Crippen LogP contribution < -0.4 is 5.32 Å². The Labute approximate surface area is 116 Å². The van der Waals surface area contributed by atoms with Gasteiger partial charge in [0.15, 0.2) is 0 Å². The Hall–Kier alpha value is -0.280. The highest BCUT2D eigenvalue weighted by atomic mass is 35.5. The Morgan fingerprint density at radius 2 is 1.94 bits per heavy atom. The third-order valence-electron chi connectivity index (χ3n) is 3.77. The molecular weight excluding hydrogens is 248 g/mol. The van der Waals surface area contributed by atoms with Crippen molar-refractivity contribution < 1.29 is 4.79 Å². The minimum atomic E-state index is -0.404. The third kappa shape index (κ3) is 3.39. The number of nitrogens with zero attached hydrogens (tertiary/aromatic N) is 1. The van der Waals surface area contributed by atoms with E-state index in [1.165, 1.54) is 0 Å². The van der Waals surface area contributed by atoms with E-state index in [9.17, 15) is 4.79 Å². The van der Waals surface area contributed by atoms with Gasteiger partial charge in [0.2, 0.25) is 5.91 Å². The fraction of sp³-hybridized carbons (Fsp3) is 0.929. The van der Waals surface area contributed by atoms with Gasteiger partial charge in [-0.3, -0.25) is 10.1 Å². The number of halogens is 1. The first-order valence-electron chi connectivity index (χ1n) is 6.83. The predicted octanol–water partition coefficient (Wildman–Crippen LogP) is 2.98. The van der Waals surface area contributed by atoms with Crippen molar-refractivity contribution in [1.82, 2.24) is 10.2 Å². The molecule has 4 heteroatoms. The highest BCUT2D eigenvalue weighted by molar-refractivity contribution is 6.17. The van der Waals surface area contributed by atoms with Crippen molar-refractivity contribution in [2.75, 3.05) is 12.9 Å². The molecule has 0 radical (unpaired) electrons. The number of alkyl halides is 1. The maximum absolute atomic E-state index is 12.4. The minimum Gasteiger partial charge on any atom is -0.328 e. The van der Waals surface area contributed by atoms with Gasteiger partial charge >= 0.3 is 0 Å². The van der Waals surface area contributed by atoms with Gasteiger partial charge in [0.25, 0.3) is 0 Å². The molecule has 1 fully saturated rings. The van der Waals surface area contributed by atoms with Gasteiger partial charge in [0.1, 0.15) is 0 Å². The van der Waals surface area contributed by atoms with E-state index in [2.05, 4.69) is 26.1 Å². The number of hydrogen-bond acceptors (Lipinski definition) is 2. The Morgan fingerprint density at radius 3 is 2.39 bits per heavy atom. The second-order valence-electron chi connectivity index (χ2n) is 6.66. The number of amides is 1. The summed E-state index contributed by atoms with van der Waals surface area (Å²) in [6.07, 6.45) is 4.18. The number of hydrogen-bond donors (Lipinski definition) is 1. The van der Waals surface area contributed by atoms with Crippen molar-refractivity contribution in [2.24, 2.45) is 5.41 Å². The monoisotopic (exact) mass is 274 g/mol. The van der Waals surface area contributed by atoms with Crippen LogP contribution in [0.4, 0.5) is 0 Å². The van der Waals surface area contributed by atoms with E-state index >= 15 is 0 Å². The summed E-state index contributed by atoms with van der Waals surface area (Å²) in [4.78, 5) is 14.2. The molecule has 2 unspecified atom stereocenters. The lowest BCUT2D eigenvalue weighted by molar-refractivity contribution is -0.132. The zero-order valence-corrected chi connectivity index (χ0v) is 13.1. The van der Waals surface area contributed by atoms with Crippen LogP contribution in [0.1, 0.15) is 53.4 Å². The highest BCUT2D eigenvalue weighted by Gasteiger charge is 2.49. The lowest BCUT2D eigenvalue weighted by Gasteiger charge is -2.32. The summed E-state index contributed by atoms with van der Waals surface area (Å²) < 4.78 is 0. The summed E-state index contributed by atoms with van der Waals surface area (Å²) in [6.45, 7) is 8.51. The number of likely N-dealkylation sites (N-methyl/N-ethyl adjacent to an activating group) is 1. The molecule has 0 saturated carbocycles. The topological polar surface area (TPSA) is 32.3 Å². The smallest absolute Gasteiger partial charge is 0.243 e. The van der Waals surface area contributed by atoms with Gasteiger partial charge in [-0.2, -0.15) is 0 Å². The van der Waals surface area contributed by atoms with Crippen LogP contribution in [-0.2, 0) is 4.79 Å². The molecule has 1 rings (SSSR count). The Kier molecular flexibility index (Phi) is 5.07. The predicted molar refractivity (Wildman–Crippen MR) is 76.7 cm³/mol. The summed E-state index contributed by atoms with van der Waals surface area (Å²) in [5, 5.41) is 3.53. The van der Waals surface area contributed by atoms with E-state index in [4.69, 9.17) is 11.6 Å². The Bertz CT molecular complexity index is 301. The third-order valence-corrected chi connectivity index (χ3v) is 4.03. The quantitative estimate of drug-likeness (QED) is 0.617. The van der Waals surface area contributed by atoms with Crippen LogP contribution in [0, 0.1) is 5.41 Å². The average Bonchev–Trinajstić information content (AvgIpc) is 2.50. The molecule has 0 bridgehead atoms. The van der Waals surface area contributed by atoms with Gasteiger partial charge in [-0.15, -0.1) is 11.6 Å². The Balaban J connectivity index is 2.64. The first kappa shape index (κ1) is 15.8. The highest BCUT2D eigenvalue weighted by Crippen LogP contribution is 2.32. The summed E-state index contributed by atoms with van der Waals surface area (Å²) in [7, 11) is 1.90. The molecule has 0 aromatic heterocycles. The molecule has 18 heavy (non-hydrogen) atoms. The summed E-state index contributed by atoms with van der Waals surface area (Å²) in [6, 6.07) is 0. The molecule has 1 aliphatic rings. The van der Waals surface area contributed by atoms with Crippen molar-refractivity contribution in [3.05, 3.63) is 0 Å². The zero-order chi connectivity index (χ0) is 14.0. The van der Waals surface area contributed by atoms with Crippen molar-refractivity contribution in [3.63, 3.8) is 0 Å². The molecule has 1 saturated heterocycles. The molecule has 1 N–H and O–H groups in total. The molecule has 0 spiro atoms. The van der Waals surface area contributed by atoms with E-state index in [1.807, 2.05) is 18.9 Å². The molecule has 106 valence electrons. The molecular formula is C14H27ClN2O. The lowest BCUT2D eigenvalue weighted by Crippen LogP contribution is -2.48. The van der Waals surface area contributed by atoms with Crippen LogP contribution in [0.2, 0.25) is 0 Å². The molecule has 1 aliphatic heterocycles. The number of carbonyl (C=O) groups excluding carboxylic acids is 1. The number of unbranched alkanes of at least 4 members (excludes halogenated alkanes) is 2. The first-order valence-corrected chi connectivity index (χ1v) is 7.37. The standard InChI is InChI=1S/C14H27ClN2O/c1-13(2,3)11-16-14(4,12(18)17(11)5)9-7-6-8-10-15/h11,16H,6-10H2,1-5H3. The van der Waals surface area contributed by atoms with Crippen LogP contribution >= 0.6 is 11.6 Å². The van der Waals surface area contributed by atoms with E-state index < -0.39 is 5.54 Å². The van der Waals surface area contributed by atoms with Gasteiger partial charge in [-0.1, -0.05) is 33.6 Å². The molecule has 2 atom stereocenters. The average molecular weight is 275 g/mol. The lowest BCUT2D eigenvalue weighted by atomic mass is 9.91. The van der Waals surface area contributed by atoms with Crippen molar-refractivity contribution in [1.29, 1.82) is 0 Å². The van der Waals surface area contributed by atoms with Crippen LogP contribution in [0.3, 0.4) is 0 Å².